The standard InChI is InChI=1S/C14H26N4O4S.HI/c1-4-15-13(16-8-6-9-18-23(3,20)21)17-11-14(2,19)12-7-5-10-22-12;/h5,7,10,18-19H,4,6,8-9,11H2,1-3H3,(H2,15,16,17);1H. The second-order valence-corrected chi connectivity index (χ2v) is 7.23. The summed E-state index contributed by atoms with van der Waals surface area (Å²) in [6, 6.07) is 3.42. The average Bonchev–Trinajstić information content (AvgIpc) is 2.98. The molecule has 0 aliphatic carbocycles. The van der Waals surface area contributed by atoms with Crippen LogP contribution in [0.5, 0.6) is 0 Å². The van der Waals surface area contributed by atoms with Gasteiger partial charge in [0, 0.05) is 19.6 Å². The zero-order chi connectivity index (χ0) is 17.3. The second-order valence-electron chi connectivity index (χ2n) is 5.39. The van der Waals surface area contributed by atoms with Crippen LogP contribution >= 0.6 is 24.0 Å². The smallest absolute Gasteiger partial charge is 0.208 e. The molecule has 140 valence electrons. The molecule has 1 heterocycles. The Morgan fingerprint density at radius 2 is 2.08 bits per heavy atom. The van der Waals surface area contributed by atoms with Crippen molar-refractivity contribution in [2.24, 2.45) is 4.99 Å². The van der Waals surface area contributed by atoms with E-state index < -0.39 is 15.6 Å². The fourth-order valence-corrected chi connectivity index (χ4v) is 2.31. The molecule has 1 unspecified atom stereocenters. The van der Waals surface area contributed by atoms with Gasteiger partial charge in [-0.1, -0.05) is 0 Å². The summed E-state index contributed by atoms with van der Waals surface area (Å²) in [5.74, 6) is 1.01. The molecule has 8 nitrogen and oxygen atoms in total. The first kappa shape index (κ1) is 23.1. The molecule has 0 radical (unpaired) electrons. The predicted octanol–water partition coefficient (Wildman–Crippen LogP) is 0.599. The lowest BCUT2D eigenvalue weighted by atomic mass is 10.0. The summed E-state index contributed by atoms with van der Waals surface area (Å²) in [6.45, 7) is 5.29. The Bertz CT molecular complexity index is 588. The number of nitrogens with zero attached hydrogens (tertiary/aromatic N) is 1. The van der Waals surface area contributed by atoms with Gasteiger partial charge in [-0.2, -0.15) is 0 Å². The van der Waals surface area contributed by atoms with Crippen molar-refractivity contribution in [1.29, 1.82) is 0 Å². The average molecular weight is 474 g/mol. The lowest BCUT2D eigenvalue weighted by Gasteiger charge is -2.19. The van der Waals surface area contributed by atoms with E-state index in [1.165, 1.54) is 6.26 Å². The van der Waals surface area contributed by atoms with Gasteiger partial charge >= 0.3 is 0 Å². The van der Waals surface area contributed by atoms with Gasteiger partial charge in [-0.3, -0.25) is 0 Å². The molecule has 0 fully saturated rings. The summed E-state index contributed by atoms with van der Waals surface area (Å²) in [5, 5.41) is 16.5. The van der Waals surface area contributed by atoms with Crippen molar-refractivity contribution in [3.8, 4) is 0 Å². The van der Waals surface area contributed by atoms with Crippen molar-refractivity contribution in [2.45, 2.75) is 25.9 Å². The molecule has 0 saturated heterocycles. The van der Waals surface area contributed by atoms with Crippen LogP contribution in [0.4, 0.5) is 0 Å². The Morgan fingerprint density at radius 1 is 1.38 bits per heavy atom. The van der Waals surface area contributed by atoms with Gasteiger partial charge in [-0.05, 0) is 32.4 Å². The highest BCUT2D eigenvalue weighted by Gasteiger charge is 2.25. The van der Waals surface area contributed by atoms with Crippen molar-refractivity contribution in [2.75, 3.05) is 32.4 Å². The molecule has 0 aliphatic heterocycles. The number of hydrogen-bond donors (Lipinski definition) is 4. The van der Waals surface area contributed by atoms with Gasteiger partial charge in [0.05, 0.1) is 19.1 Å². The first-order chi connectivity index (χ1) is 10.7. The van der Waals surface area contributed by atoms with E-state index in [0.29, 0.717) is 37.8 Å². The molecular weight excluding hydrogens is 447 g/mol. The third kappa shape index (κ3) is 9.45. The van der Waals surface area contributed by atoms with Gasteiger partial charge in [0.25, 0.3) is 0 Å². The minimum Gasteiger partial charge on any atom is -0.466 e. The molecule has 4 N–H and O–H groups in total. The van der Waals surface area contributed by atoms with Crippen LogP contribution in [0, 0.1) is 0 Å². The molecule has 0 aromatic carbocycles. The quantitative estimate of drug-likeness (QED) is 0.180. The number of halogens is 1. The van der Waals surface area contributed by atoms with Crippen LogP contribution in [-0.2, 0) is 15.6 Å². The van der Waals surface area contributed by atoms with E-state index in [-0.39, 0.29) is 30.5 Å². The molecule has 0 spiro atoms. The fraction of sp³-hybridized carbons (Fsp3) is 0.643. The minimum atomic E-state index is -3.16. The number of sulfonamides is 1. The largest absolute Gasteiger partial charge is 0.466 e. The number of aliphatic hydroxyl groups is 1. The van der Waals surface area contributed by atoms with Crippen molar-refractivity contribution in [1.82, 2.24) is 15.4 Å². The molecular formula is C14H27IN4O4S. The van der Waals surface area contributed by atoms with E-state index in [4.69, 9.17) is 4.42 Å². The monoisotopic (exact) mass is 474 g/mol. The number of furan rings is 1. The SMILES string of the molecule is CCNC(=NCC(C)(O)c1ccco1)NCCCNS(C)(=O)=O.I. The Balaban J connectivity index is 0.00000529. The molecule has 0 aliphatic rings. The highest BCUT2D eigenvalue weighted by atomic mass is 127. The zero-order valence-corrected chi connectivity index (χ0v) is 17.4. The van der Waals surface area contributed by atoms with Crippen LogP contribution in [0.1, 0.15) is 26.0 Å². The van der Waals surface area contributed by atoms with Crippen molar-refractivity contribution in [3.63, 3.8) is 0 Å². The normalized spacial score (nSPS) is 14.6. The lowest BCUT2D eigenvalue weighted by molar-refractivity contribution is 0.0437. The fourth-order valence-electron chi connectivity index (χ4n) is 1.79. The second kappa shape index (κ2) is 10.9. The van der Waals surface area contributed by atoms with Crippen molar-refractivity contribution >= 4 is 40.0 Å². The van der Waals surface area contributed by atoms with E-state index in [0.717, 1.165) is 6.26 Å². The van der Waals surface area contributed by atoms with Crippen LogP contribution in [0.15, 0.2) is 27.8 Å². The first-order valence-corrected chi connectivity index (χ1v) is 9.37. The van der Waals surface area contributed by atoms with Crippen LogP contribution in [0.3, 0.4) is 0 Å². The van der Waals surface area contributed by atoms with E-state index in [1.807, 2.05) is 6.92 Å². The number of hydrogen-bond acceptors (Lipinski definition) is 5. The van der Waals surface area contributed by atoms with Crippen LogP contribution in [0.25, 0.3) is 0 Å². The van der Waals surface area contributed by atoms with Crippen LogP contribution in [-0.4, -0.2) is 51.9 Å². The predicted molar refractivity (Wildman–Crippen MR) is 105 cm³/mol. The van der Waals surface area contributed by atoms with Gasteiger partial charge in [0.1, 0.15) is 11.4 Å². The van der Waals surface area contributed by atoms with Gasteiger partial charge in [-0.25, -0.2) is 18.1 Å². The third-order valence-corrected chi connectivity index (χ3v) is 3.68. The van der Waals surface area contributed by atoms with E-state index in [9.17, 15) is 13.5 Å². The van der Waals surface area contributed by atoms with E-state index in [2.05, 4.69) is 20.3 Å². The third-order valence-electron chi connectivity index (χ3n) is 2.95. The van der Waals surface area contributed by atoms with Crippen molar-refractivity contribution < 1.29 is 17.9 Å². The van der Waals surface area contributed by atoms with E-state index >= 15 is 0 Å². The summed E-state index contributed by atoms with van der Waals surface area (Å²) in [6.07, 6.45) is 3.25. The molecule has 0 saturated carbocycles. The summed E-state index contributed by atoms with van der Waals surface area (Å²) in [7, 11) is -3.16. The van der Waals surface area contributed by atoms with E-state index in [1.54, 1.807) is 19.1 Å². The summed E-state index contributed by atoms with van der Waals surface area (Å²) < 4.78 is 29.5. The summed E-state index contributed by atoms with van der Waals surface area (Å²) in [5.41, 5.74) is -1.19. The molecule has 1 aromatic rings. The topological polar surface area (TPSA) is 116 Å². The van der Waals surface area contributed by atoms with Gasteiger partial charge < -0.3 is 20.2 Å². The Kier molecular flexibility index (Phi) is 10.5. The molecule has 1 aromatic heterocycles. The Labute approximate surface area is 160 Å². The summed E-state index contributed by atoms with van der Waals surface area (Å²) >= 11 is 0. The molecule has 24 heavy (non-hydrogen) atoms. The highest BCUT2D eigenvalue weighted by molar-refractivity contribution is 14.0. The van der Waals surface area contributed by atoms with Gasteiger partial charge in [-0.15, -0.1) is 24.0 Å². The molecule has 1 atom stereocenters. The van der Waals surface area contributed by atoms with Gasteiger partial charge in [0.15, 0.2) is 5.96 Å². The molecule has 10 heteroatoms. The van der Waals surface area contributed by atoms with Gasteiger partial charge in [0.2, 0.25) is 10.0 Å². The number of guanidine groups is 1. The Hall–Kier alpha value is -0.850. The Morgan fingerprint density at radius 3 is 2.62 bits per heavy atom. The maximum Gasteiger partial charge on any atom is 0.208 e. The maximum atomic E-state index is 11.0. The number of aliphatic imine (C=N–C) groups is 1. The van der Waals surface area contributed by atoms with Crippen LogP contribution in [0.2, 0.25) is 0 Å². The number of rotatable bonds is 9. The minimum absolute atomic E-state index is 0. The first-order valence-electron chi connectivity index (χ1n) is 7.48. The molecule has 0 amide bonds. The lowest BCUT2D eigenvalue weighted by Crippen LogP contribution is -2.40. The van der Waals surface area contributed by atoms with Crippen molar-refractivity contribution in [3.05, 3.63) is 24.2 Å². The maximum absolute atomic E-state index is 11.0. The molecule has 0 bridgehead atoms. The zero-order valence-electron chi connectivity index (χ0n) is 14.2. The number of nitrogens with one attached hydrogen (secondary N) is 3. The summed E-state index contributed by atoms with van der Waals surface area (Å²) in [4.78, 5) is 4.33. The molecule has 1 rings (SSSR count). The van der Waals surface area contributed by atoms with Crippen LogP contribution < -0.4 is 15.4 Å². The highest BCUT2D eigenvalue weighted by Crippen LogP contribution is 2.20.